The molecule has 3 nitrogen and oxygen atoms in total. The minimum atomic E-state index is -5.52. The Morgan fingerprint density at radius 3 is 1.47 bits per heavy atom. The van der Waals surface area contributed by atoms with Gasteiger partial charge in [-0.3, -0.25) is 4.55 Å². The Hall–Kier alpha value is -1.27. The Morgan fingerprint density at radius 2 is 1.17 bits per heavy atom. The van der Waals surface area contributed by atoms with Crippen molar-refractivity contribution in [3.63, 3.8) is 0 Å². The largest absolute Gasteiger partial charge is 0.300 e. The molecule has 2 rings (SSSR count). The monoisotopic (exact) mass is 564 g/mol. The normalized spacial score (nSPS) is 12.4. The van der Waals surface area contributed by atoms with Crippen LogP contribution in [0.4, 0.5) is 22.0 Å². The molecule has 1 N–H and O–H groups in total. The predicted octanol–water partition coefficient (Wildman–Crippen LogP) is 6.52. The van der Waals surface area contributed by atoms with Crippen LogP contribution >= 0.6 is 22.6 Å². The van der Waals surface area contributed by atoms with Crippen molar-refractivity contribution >= 4 is 32.7 Å². The smallest absolute Gasteiger partial charge is 0.282 e. The van der Waals surface area contributed by atoms with Gasteiger partial charge in [0.1, 0.15) is 0 Å². The summed E-state index contributed by atoms with van der Waals surface area (Å²) >= 11 is 2.45. The van der Waals surface area contributed by atoms with E-state index in [1.165, 1.54) is 14.7 Å². The molecule has 30 heavy (non-hydrogen) atoms. The van der Waals surface area contributed by atoms with E-state index in [1.807, 2.05) is 0 Å². The van der Waals surface area contributed by atoms with Crippen molar-refractivity contribution in [2.24, 2.45) is 0 Å². The Bertz CT molecular complexity index is 1030. The van der Waals surface area contributed by atoms with Gasteiger partial charge in [0.2, 0.25) is 5.82 Å². The Kier molecular flexibility index (Phi) is 8.09. The lowest BCUT2D eigenvalue weighted by molar-refractivity contribution is 0.352. The summed E-state index contributed by atoms with van der Waals surface area (Å²) in [6.45, 7) is 13.7. The summed E-state index contributed by atoms with van der Waals surface area (Å²) in [4.78, 5) is -2.26. The summed E-state index contributed by atoms with van der Waals surface area (Å²) in [5.41, 5.74) is 3.42. The highest BCUT2D eigenvalue weighted by Gasteiger charge is 2.32. The first-order valence-corrected chi connectivity index (χ1v) is 11.1. The van der Waals surface area contributed by atoms with Crippen LogP contribution < -0.4 is 0 Å². The van der Waals surface area contributed by atoms with Crippen LogP contribution in [0.15, 0.2) is 23.1 Å². The molecular weight excluding hydrogens is 542 g/mol. The number of rotatable bonds is 1. The average molecular weight is 564 g/mol. The highest BCUT2D eigenvalue weighted by atomic mass is 127. The maximum atomic E-state index is 12.6. The molecular formula is C20H22F5IO3S. The quantitative estimate of drug-likeness (QED) is 0.141. The molecule has 0 amide bonds. The van der Waals surface area contributed by atoms with E-state index in [0.29, 0.717) is 0 Å². The number of hydrogen-bond acceptors (Lipinski definition) is 2. The topological polar surface area (TPSA) is 54.4 Å². The van der Waals surface area contributed by atoms with Crippen LogP contribution in [-0.4, -0.2) is 13.0 Å². The Morgan fingerprint density at radius 1 is 0.767 bits per heavy atom. The van der Waals surface area contributed by atoms with Gasteiger partial charge in [-0.15, -0.1) is 0 Å². The van der Waals surface area contributed by atoms with Gasteiger partial charge in [-0.1, -0.05) is 53.7 Å². The second-order valence-electron chi connectivity index (χ2n) is 8.54. The van der Waals surface area contributed by atoms with Crippen molar-refractivity contribution < 1.29 is 34.9 Å². The third kappa shape index (κ3) is 5.91. The van der Waals surface area contributed by atoms with Crippen molar-refractivity contribution in [3.05, 3.63) is 62.0 Å². The molecule has 10 heteroatoms. The van der Waals surface area contributed by atoms with Crippen molar-refractivity contribution in [3.8, 4) is 0 Å². The van der Waals surface area contributed by atoms with Crippen LogP contribution in [0.2, 0.25) is 0 Å². The first-order chi connectivity index (χ1) is 13.3. The van der Waals surface area contributed by atoms with Crippen LogP contribution in [0, 0.1) is 32.7 Å². The molecule has 0 aliphatic carbocycles. The third-order valence-corrected chi connectivity index (χ3v) is 5.77. The van der Waals surface area contributed by atoms with Crippen molar-refractivity contribution in [1.29, 1.82) is 0 Å². The van der Waals surface area contributed by atoms with E-state index in [-0.39, 0.29) is 10.8 Å². The minimum absolute atomic E-state index is 0.223. The van der Waals surface area contributed by atoms with Gasteiger partial charge in [0.15, 0.2) is 28.2 Å². The molecule has 0 aromatic heterocycles. The van der Waals surface area contributed by atoms with E-state index < -0.39 is 44.1 Å². The SMILES string of the molecule is CC(C)(C)c1cccc(I)c1C(C)(C)C.O=S(=O)(O)c1c(F)c(F)c(F)c(F)c1F. The standard InChI is InChI=1S/C14H21I.C6HF5O3S/c1-13(2,3)10-8-7-9-11(15)12(10)14(4,5)6;7-1-2(8)4(10)6(15(12,13)14)5(11)3(1)9/h7-9H,1-6H3;(H,12,13,14). The van der Waals surface area contributed by atoms with Gasteiger partial charge in [-0.25, -0.2) is 22.0 Å². The number of benzene rings is 2. The number of halogens is 6. The van der Waals surface area contributed by atoms with Crippen molar-refractivity contribution in [1.82, 2.24) is 0 Å². The van der Waals surface area contributed by atoms with Crippen LogP contribution in [0.5, 0.6) is 0 Å². The van der Waals surface area contributed by atoms with E-state index in [4.69, 9.17) is 4.55 Å². The fourth-order valence-corrected chi connectivity index (χ4v) is 4.66. The molecule has 0 saturated heterocycles. The van der Waals surface area contributed by atoms with Gasteiger partial charge >= 0.3 is 10.1 Å². The average Bonchev–Trinajstić information content (AvgIpc) is 2.55. The zero-order chi connectivity index (χ0) is 23.8. The molecule has 0 unspecified atom stereocenters. The second kappa shape index (κ2) is 9.07. The second-order valence-corrected chi connectivity index (χ2v) is 11.1. The van der Waals surface area contributed by atoms with E-state index in [2.05, 4.69) is 82.3 Å². The van der Waals surface area contributed by atoms with Crippen LogP contribution in [0.1, 0.15) is 52.7 Å². The predicted molar refractivity (Wildman–Crippen MR) is 113 cm³/mol. The van der Waals surface area contributed by atoms with E-state index in [9.17, 15) is 30.4 Å². The van der Waals surface area contributed by atoms with Crippen LogP contribution in [0.25, 0.3) is 0 Å². The zero-order valence-corrected chi connectivity index (χ0v) is 20.1. The van der Waals surface area contributed by atoms with Gasteiger partial charge in [0, 0.05) is 3.57 Å². The summed E-state index contributed by atoms with van der Waals surface area (Å²) in [7, 11) is -5.52. The highest BCUT2D eigenvalue weighted by Crippen LogP contribution is 2.36. The molecule has 2 aromatic carbocycles. The van der Waals surface area contributed by atoms with Gasteiger partial charge in [-0.2, -0.15) is 8.42 Å². The summed E-state index contributed by atoms with van der Waals surface area (Å²) in [5, 5.41) is 0. The van der Waals surface area contributed by atoms with Gasteiger partial charge in [0.05, 0.1) is 0 Å². The molecule has 168 valence electrons. The molecule has 0 saturated carbocycles. The molecule has 0 heterocycles. The fraction of sp³-hybridized carbons (Fsp3) is 0.400. The molecule has 0 aliphatic rings. The van der Waals surface area contributed by atoms with Crippen molar-refractivity contribution in [2.45, 2.75) is 57.3 Å². The number of hydrogen-bond donors (Lipinski definition) is 1. The summed E-state index contributed by atoms with van der Waals surface area (Å²) in [6.07, 6.45) is 0. The Labute approximate surface area is 186 Å². The zero-order valence-electron chi connectivity index (χ0n) is 17.2. The highest BCUT2D eigenvalue weighted by molar-refractivity contribution is 14.1. The maximum absolute atomic E-state index is 12.6. The van der Waals surface area contributed by atoms with Crippen LogP contribution in [0.3, 0.4) is 0 Å². The fourth-order valence-electron chi connectivity index (χ4n) is 2.72. The van der Waals surface area contributed by atoms with Gasteiger partial charge in [0.25, 0.3) is 0 Å². The molecule has 0 spiro atoms. The lowest BCUT2D eigenvalue weighted by Crippen LogP contribution is -2.23. The summed E-state index contributed by atoms with van der Waals surface area (Å²) in [5.74, 6) is -12.6. The van der Waals surface area contributed by atoms with E-state index in [0.717, 1.165) is 0 Å². The first kappa shape index (κ1) is 26.8. The van der Waals surface area contributed by atoms with Crippen LogP contribution in [-0.2, 0) is 20.9 Å². The third-order valence-electron chi connectivity index (χ3n) is 4.00. The summed E-state index contributed by atoms with van der Waals surface area (Å²) in [6, 6.07) is 6.64. The maximum Gasteiger partial charge on any atom is 0.300 e. The van der Waals surface area contributed by atoms with Crippen molar-refractivity contribution in [2.75, 3.05) is 0 Å². The summed E-state index contributed by atoms with van der Waals surface area (Å²) < 4.78 is 92.7. The molecule has 0 aliphatic heterocycles. The molecule has 0 bridgehead atoms. The van der Waals surface area contributed by atoms with Gasteiger partial charge < -0.3 is 0 Å². The Balaban J connectivity index is 0.000000300. The molecule has 2 aromatic rings. The lowest BCUT2D eigenvalue weighted by atomic mass is 9.75. The van der Waals surface area contributed by atoms with E-state index >= 15 is 0 Å². The van der Waals surface area contributed by atoms with E-state index in [1.54, 1.807) is 0 Å². The molecule has 0 fully saturated rings. The minimum Gasteiger partial charge on any atom is -0.282 e. The molecule has 0 radical (unpaired) electrons. The lowest BCUT2D eigenvalue weighted by Gasteiger charge is -2.31. The first-order valence-electron chi connectivity index (χ1n) is 8.60. The van der Waals surface area contributed by atoms with Gasteiger partial charge in [-0.05, 0) is 50.6 Å². The molecule has 0 atom stereocenters.